The molecule has 0 N–H and O–H groups in total. The van der Waals surface area contributed by atoms with E-state index in [4.69, 9.17) is 27.9 Å². The SMILES string of the molecule is CC(=O)C1=C[N+](Cc2ccc(Oc3ccc(F)cc3)cc2)(c2ncc(Cl)cc2Cl)C=C1. The van der Waals surface area contributed by atoms with E-state index in [2.05, 4.69) is 4.98 Å². The molecule has 1 atom stereocenters. The van der Waals surface area contributed by atoms with Crippen LogP contribution in [0.25, 0.3) is 0 Å². The van der Waals surface area contributed by atoms with Crippen molar-refractivity contribution in [3.05, 3.63) is 106 Å². The molecule has 0 amide bonds. The first kappa shape index (κ1) is 21.2. The Balaban J connectivity index is 1.63. The van der Waals surface area contributed by atoms with Gasteiger partial charge in [-0.2, -0.15) is 0 Å². The second kappa shape index (κ2) is 8.63. The molecule has 0 fully saturated rings. The summed E-state index contributed by atoms with van der Waals surface area (Å²) in [4.78, 5) is 16.4. The van der Waals surface area contributed by atoms with Gasteiger partial charge in [0.25, 0.3) is 5.82 Å². The fourth-order valence-electron chi connectivity index (χ4n) is 3.38. The maximum Gasteiger partial charge on any atom is 0.256 e. The number of carbonyl (C=O) groups is 1. The van der Waals surface area contributed by atoms with E-state index in [0.717, 1.165) is 5.56 Å². The topological polar surface area (TPSA) is 39.2 Å². The fraction of sp³-hybridized carbons (Fsp3) is 0.0833. The highest BCUT2D eigenvalue weighted by Gasteiger charge is 2.36. The van der Waals surface area contributed by atoms with Gasteiger partial charge in [-0.15, -0.1) is 0 Å². The summed E-state index contributed by atoms with van der Waals surface area (Å²) in [6.07, 6.45) is 7.05. The molecule has 2 aromatic carbocycles. The highest BCUT2D eigenvalue weighted by atomic mass is 35.5. The number of quaternary nitrogens is 1. The van der Waals surface area contributed by atoms with Gasteiger partial charge in [0.2, 0.25) is 0 Å². The number of carbonyl (C=O) groups excluding carboxylic acids is 1. The number of benzene rings is 2. The minimum absolute atomic E-state index is 0.0376. The van der Waals surface area contributed by atoms with Gasteiger partial charge in [0, 0.05) is 11.6 Å². The van der Waals surface area contributed by atoms with Crippen molar-refractivity contribution in [2.24, 2.45) is 0 Å². The first-order chi connectivity index (χ1) is 14.8. The van der Waals surface area contributed by atoms with Crippen molar-refractivity contribution in [3.8, 4) is 11.5 Å². The molecule has 0 saturated carbocycles. The number of pyridine rings is 1. The van der Waals surface area contributed by atoms with E-state index < -0.39 is 0 Å². The molecule has 156 valence electrons. The Kier molecular flexibility index (Phi) is 5.92. The number of hydrogen-bond donors (Lipinski definition) is 0. The summed E-state index contributed by atoms with van der Waals surface area (Å²) in [5.74, 6) is 1.39. The summed E-state index contributed by atoms with van der Waals surface area (Å²) in [7, 11) is 0. The van der Waals surface area contributed by atoms with E-state index in [1.807, 2.05) is 36.7 Å². The molecule has 1 aliphatic rings. The highest BCUT2D eigenvalue weighted by Crippen LogP contribution is 2.38. The van der Waals surface area contributed by atoms with Crippen molar-refractivity contribution >= 4 is 34.8 Å². The van der Waals surface area contributed by atoms with Crippen LogP contribution in [0.2, 0.25) is 10.0 Å². The summed E-state index contributed by atoms with van der Waals surface area (Å²) in [6, 6.07) is 15.0. The summed E-state index contributed by atoms with van der Waals surface area (Å²) in [5, 5.41) is 0.850. The van der Waals surface area contributed by atoms with Crippen LogP contribution in [0.3, 0.4) is 0 Å². The third kappa shape index (κ3) is 4.69. The maximum absolute atomic E-state index is 13.1. The van der Waals surface area contributed by atoms with Crippen molar-refractivity contribution in [2.45, 2.75) is 13.5 Å². The van der Waals surface area contributed by atoms with Gasteiger partial charge in [-0.1, -0.05) is 23.2 Å². The zero-order valence-electron chi connectivity index (χ0n) is 16.6. The molecule has 0 saturated heterocycles. The average molecular weight is 456 g/mol. The molecule has 1 unspecified atom stereocenters. The van der Waals surface area contributed by atoms with E-state index in [1.165, 1.54) is 25.3 Å². The molecular formula is C24H18Cl2FN2O2+. The van der Waals surface area contributed by atoms with Crippen molar-refractivity contribution < 1.29 is 13.9 Å². The van der Waals surface area contributed by atoms with E-state index in [-0.39, 0.29) is 16.1 Å². The summed E-state index contributed by atoms with van der Waals surface area (Å²) in [5.41, 5.74) is 1.56. The number of nitrogens with zero attached hydrogens (tertiary/aromatic N) is 2. The van der Waals surface area contributed by atoms with Gasteiger partial charge >= 0.3 is 0 Å². The number of hydrogen-bond acceptors (Lipinski definition) is 3. The molecule has 2 heterocycles. The molecule has 31 heavy (non-hydrogen) atoms. The maximum atomic E-state index is 13.1. The smallest absolute Gasteiger partial charge is 0.256 e. The molecule has 0 bridgehead atoms. The Morgan fingerprint density at radius 1 is 1.06 bits per heavy atom. The molecule has 4 rings (SSSR count). The number of allylic oxidation sites excluding steroid dienone is 2. The third-order valence-corrected chi connectivity index (χ3v) is 5.38. The van der Waals surface area contributed by atoms with Gasteiger partial charge < -0.3 is 4.74 Å². The standard InChI is InChI=1S/C24H18Cl2FN2O2/c1-16(30)18-10-11-29(15-18,24-23(26)12-19(25)13-28-24)14-17-2-6-21(7-3-17)31-22-8-4-20(27)5-9-22/h2-13,15H,14H2,1H3/q+1. The van der Waals surface area contributed by atoms with Crippen LogP contribution in [-0.4, -0.2) is 10.8 Å². The van der Waals surface area contributed by atoms with Crippen molar-refractivity contribution in [3.63, 3.8) is 0 Å². The molecule has 4 nitrogen and oxygen atoms in total. The lowest BCUT2D eigenvalue weighted by Crippen LogP contribution is -2.37. The number of halogens is 3. The van der Waals surface area contributed by atoms with Crippen LogP contribution in [0.1, 0.15) is 12.5 Å². The van der Waals surface area contributed by atoms with Crippen LogP contribution in [0.5, 0.6) is 11.5 Å². The molecule has 1 aliphatic heterocycles. The molecule has 0 spiro atoms. The molecule has 1 aromatic heterocycles. The molecule has 0 aliphatic carbocycles. The Hall–Kier alpha value is -2.99. The van der Waals surface area contributed by atoms with Crippen LogP contribution in [-0.2, 0) is 11.3 Å². The second-order valence-corrected chi connectivity index (χ2v) is 8.05. The van der Waals surface area contributed by atoms with Gasteiger partial charge in [0.15, 0.2) is 5.78 Å². The number of ketones is 1. The van der Waals surface area contributed by atoms with Gasteiger partial charge in [0.05, 0.1) is 16.8 Å². The van der Waals surface area contributed by atoms with Crippen molar-refractivity contribution in [1.82, 2.24) is 9.47 Å². The molecule has 3 aromatic rings. The third-order valence-electron chi connectivity index (χ3n) is 4.90. The Labute approximate surface area is 189 Å². The summed E-state index contributed by atoms with van der Waals surface area (Å²) < 4.78 is 19.0. The number of aromatic nitrogens is 1. The van der Waals surface area contributed by atoms with Crippen LogP contribution in [0, 0.1) is 5.82 Å². The molecular weight excluding hydrogens is 438 g/mol. The van der Waals surface area contributed by atoms with Gasteiger partial charge in [-0.3, -0.25) is 4.79 Å². The fourth-order valence-corrected chi connectivity index (χ4v) is 3.92. The predicted molar refractivity (Wildman–Crippen MR) is 121 cm³/mol. The normalized spacial score (nSPS) is 17.5. The van der Waals surface area contributed by atoms with Gasteiger partial charge in [-0.05, 0) is 61.5 Å². The van der Waals surface area contributed by atoms with Crippen LogP contribution < -0.4 is 9.22 Å². The lowest BCUT2D eigenvalue weighted by atomic mass is 10.1. The minimum atomic E-state index is -0.317. The lowest BCUT2D eigenvalue weighted by molar-refractivity contribution is -0.113. The lowest BCUT2D eigenvalue weighted by Gasteiger charge is -2.28. The van der Waals surface area contributed by atoms with E-state index in [1.54, 1.807) is 24.3 Å². The van der Waals surface area contributed by atoms with Gasteiger partial charge in [0.1, 0.15) is 41.3 Å². The van der Waals surface area contributed by atoms with E-state index in [9.17, 15) is 9.18 Å². The Morgan fingerprint density at radius 2 is 1.71 bits per heavy atom. The van der Waals surface area contributed by atoms with Crippen molar-refractivity contribution in [2.75, 3.05) is 0 Å². The zero-order valence-corrected chi connectivity index (χ0v) is 18.1. The quantitative estimate of drug-likeness (QED) is 0.382. The van der Waals surface area contributed by atoms with Gasteiger partial charge in [-0.25, -0.2) is 13.9 Å². The second-order valence-electron chi connectivity index (χ2n) is 7.20. The van der Waals surface area contributed by atoms with Crippen LogP contribution >= 0.6 is 23.2 Å². The zero-order chi connectivity index (χ0) is 22.0. The Morgan fingerprint density at radius 3 is 2.29 bits per heavy atom. The van der Waals surface area contributed by atoms with E-state index >= 15 is 0 Å². The van der Waals surface area contributed by atoms with Crippen LogP contribution in [0.15, 0.2) is 84.8 Å². The average Bonchev–Trinajstić information content (AvgIpc) is 3.16. The van der Waals surface area contributed by atoms with Crippen molar-refractivity contribution in [1.29, 1.82) is 0 Å². The largest absolute Gasteiger partial charge is 0.457 e. The monoisotopic (exact) mass is 455 g/mol. The Bertz CT molecular complexity index is 1190. The predicted octanol–water partition coefficient (Wildman–Crippen LogP) is 6.83. The van der Waals surface area contributed by atoms with E-state index in [0.29, 0.717) is 39.5 Å². The number of rotatable bonds is 6. The van der Waals surface area contributed by atoms with Crippen LogP contribution in [0.4, 0.5) is 10.2 Å². The molecule has 0 radical (unpaired) electrons. The number of ether oxygens (including phenoxy) is 1. The number of Topliss-reactive ketones (excluding diaryl/α,β-unsaturated/α-hetero) is 1. The molecule has 7 heteroatoms. The minimum Gasteiger partial charge on any atom is -0.457 e. The summed E-state index contributed by atoms with van der Waals surface area (Å²) >= 11 is 12.5. The first-order valence-electron chi connectivity index (χ1n) is 9.49. The first-order valence-corrected chi connectivity index (χ1v) is 10.2. The highest BCUT2D eigenvalue weighted by molar-refractivity contribution is 6.35. The summed E-state index contributed by atoms with van der Waals surface area (Å²) in [6.45, 7) is 2.01.